The third-order valence-corrected chi connectivity index (χ3v) is 4.68. The zero-order valence-electron chi connectivity index (χ0n) is 10.8. The number of anilines is 1. The highest BCUT2D eigenvalue weighted by atomic mass is 35.5. The van der Waals surface area contributed by atoms with Gasteiger partial charge >= 0.3 is 0 Å². The number of sulfonamides is 1. The Morgan fingerprint density at radius 2 is 1.95 bits per heavy atom. The van der Waals surface area contributed by atoms with Gasteiger partial charge in [-0.3, -0.25) is 4.72 Å². The Kier molecular flexibility index (Phi) is 4.37. The van der Waals surface area contributed by atoms with E-state index in [2.05, 4.69) is 9.71 Å². The first-order valence-corrected chi connectivity index (χ1v) is 7.92. The molecule has 0 fully saturated rings. The lowest BCUT2D eigenvalue weighted by molar-refractivity contribution is 0.601. The summed E-state index contributed by atoms with van der Waals surface area (Å²) in [5, 5.41) is 9.35. The molecule has 1 aromatic heterocycles. The van der Waals surface area contributed by atoms with Gasteiger partial charge in [0.2, 0.25) is 0 Å². The number of benzene rings is 1. The summed E-state index contributed by atoms with van der Waals surface area (Å²) in [6.07, 6.45) is 1.48. The van der Waals surface area contributed by atoms with Crippen molar-refractivity contribution in [1.82, 2.24) is 4.98 Å². The molecule has 0 saturated heterocycles. The predicted molar refractivity (Wildman–Crippen MR) is 81.0 cm³/mol. The molecule has 0 aliphatic carbocycles. The third-order valence-electron chi connectivity index (χ3n) is 2.58. The molecule has 0 bridgehead atoms. The van der Waals surface area contributed by atoms with Crippen molar-refractivity contribution in [2.75, 3.05) is 4.72 Å². The van der Waals surface area contributed by atoms with Crippen molar-refractivity contribution in [3.8, 4) is 6.07 Å². The lowest BCUT2D eigenvalue weighted by Gasteiger charge is -2.10. The van der Waals surface area contributed by atoms with E-state index in [0.29, 0.717) is 0 Å². The molecule has 0 aliphatic heterocycles. The van der Waals surface area contributed by atoms with Gasteiger partial charge < -0.3 is 0 Å². The van der Waals surface area contributed by atoms with E-state index < -0.39 is 10.0 Å². The fraction of sp³-hybridized carbons (Fsp3) is 0.0769. The van der Waals surface area contributed by atoms with E-state index in [1.165, 1.54) is 30.5 Å². The van der Waals surface area contributed by atoms with E-state index in [1.807, 2.05) is 6.07 Å². The average Bonchev–Trinajstić information content (AvgIpc) is 2.41. The van der Waals surface area contributed by atoms with E-state index in [1.54, 1.807) is 6.92 Å². The molecule has 0 atom stereocenters. The molecule has 1 aromatic carbocycles. The van der Waals surface area contributed by atoms with Crippen LogP contribution in [-0.4, -0.2) is 13.4 Å². The quantitative estimate of drug-likeness (QED) is 0.927. The number of hydrogen-bond donors (Lipinski definition) is 1. The Bertz CT molecular complexity index is 845. The van der Waals surface area contributed by atoms with Gasteiger partial charge in [0, 0.05) is 6.20 Å². The maximum atomic E-state index is 12.3. The summed E-state index contributed by atoms with van der Waals surface area (Å²) in [6.45, 7) is 1.74. The van der Waals surface area contributed by atoms with Crippen LogP contribution in [0.4, 0.5) is 5.69 Å². The standard InChI is InChI=1S/C13H9Cl2N3O2S/c1-8-4-12(13(6-16)17-7-8)18-21(19,20)9-2-3-10(14)11(15)5-9/h2-5,7,18H,1H3. The third kappa shape index (κ3) is 3.45. The van der Waals surface area contributed by atoms with Gasteiger partial charge in [-0.1, -0.05) is 23.2 Å². The Morgan fingerprint density at radius 1 is 1.24 bits per heavy atom. The first kappa shape index (κ1) is 15.6. The number of hydrogen-bond acceptors (Lipinski definition) is 4. The van der Waals surface area contributed by atoms with Crippen LogP contribution in [0.3, 0.4) is 0 Å². The number of rotatable bonds is 3. The van der Waals surface area contributed by atoms with Crippen molar-refractivity contribution in [2.45, 2.75) is 11.8 Å². The highest BCUT2D eigenvalue weighted by Crippen LogP contribution is 2.26. The summed E-state index contributed by atoms with van der Waals surface area (Å²) in [6, 6.07) is 7.31. The molecule has 1 heterocycles. The summed E-state index contributed by atoms with van der Waals surface area (Å²) >= 11 is 11.6. The van der Waals surface area contributed by atoms with Crippen LogP contribution in [0.25, 0.3) is 0 Å². The summed E-state index contributed by atoms with van der Waals surface area (Å²) in [7, 11) is -3.89. The highest BCUT2D eigenvalue weighted by molar-refractivity contribution is 7.92. The average molecular weight is 342 g/mol. The lowest BCUT2D eigenvalue weighted by atomic mass is 10.2. The van der Waals surface area contributed by atoms with Crippen molar-refractivity contribution >= 4 is 38.9 Å². The Balaban J connectivity index is 2.45. The van der Waals surface area contributed by atoms with Gasteiger partial charge in [0.15, 0.2) is 5.69 Å². The van der Waals surface area contributed by atoms with E-state index in [4.69, 9.17) is 28.5 Å². The molecule has 2 rings (SSSR count). The van der Waals surface area contributed by atoms with Crippen LogP contribution in [0, 0.1) is 18.3 Å². The van der Waals surface area contributed by atoms with Crippen LogP contribution in [0.5, 0.6) is 0 Å². The SMILES string of the molecule is Cc1cnc(C#N)c(NS(=O)(=O)c2ccc(Cl)c(Cl)c2)c1. The van der Waals surface area contributed by atoms with Crippen molar-refractivity contribution in [1.29, 1.82) is 5.26 Å². The van der Waals surface area contributed by atoms with E-state index in [0.717, 1.165) is 5.56 Å². The van der Waals surface area contributed by atoms with Crippen LogP contribution in [0.1, 0.15) is 11.3 Å². The number of pyridine rings is 1. The summed E-state index contributed by atoms with van der Waals surface area (Å²) in [5.41, 5.74) is 0.827. The molecule has 2 aromatic rings. The van der Waals surface area contributed by atoms with Gasteiger partial charge in [0.05, 0.1) is 20.6 Å². The number of aromatic nitrogens is 1. The summed E-state index contributed by atoms with van der Waals surface area (Å²) in [4.78, 5) is 3.82. The minimum absolute atomic E-state index is 0.00997. The van der Waals surface area contributed by atoms with Gasteiger partial charge in [-0.2, -0.15) is 5.26 Å². The van der Waals surface area contributed by atoms with Crippen LogP contribution < -0.4 is 4.72 Å². The van der Waals surface area contributed by atoms with Crippen LogP contribution >= 0.6 is 23.2 Å². The minimum atomic E-state index is -3.89. The number of nitriles is 1. The van der Waals surface area contributed by atoms with Crippen LogP contribution in [0.15, 0.2) is 35.4 Å². The summed E-state index contributed by atoms with van der Waals surface area (Å²) in [5.74, 6) is 0. The molecule has 21 heavy (non-hydrogen) atoms. The monoisotopic (exact) mass is 341 g/mol. The lowest BCUT2D eigenvalue weighted by Crippen LogP contribution is -2.14. The molecule has 0 spiro atoms. The van der Waals surface area contributed by atoms with E-state index in [9.17, 15) is 8.42 Å². The number of nitrogens with zero attached hydrogens (tertiary/aromatic N) is 2. The molecule has 1 N–H and O–H groups in total. The fourth-order valence-electron chi connectivity index (χ4n) is 1.58. The molecular formula is C13H9Cl2N3O2S. The zero-order chi connectivity index (χ0) is 15.6. The number of aryl methyl sites for hydroxylation is 1. The second-order valence-electron chi connectivity index (χ2n) is 4.20. The van der Waals surface area contributed by atoms with Crippen molar-refractivity contribution in [3.63, 3.8) is 0 Å². The molecule has 108 valence electrons. The van der Waals surface area contributed by atoms with Crippen molar-refractivity contribution < 1.29 is 8.42 Å². The van der Waals surface area contributed by atoms with Crippen molar-refractivity contribution in [2.24, 2.45) is 0 Å². The minimum Gasteiger partial charge on any atom is -0.277 e. The molecule has 0 saturated carbocycles. The maximum absolute atomic E-state index is 12.3. The first-order valence-electron chi connectivity index (χ1n) is 5.68. The predicted octanol–water partition coefficient (Wildman–Crippen LogP) is 3.37. The van der Waals surface area contributed by atoms with E-state index in [-0.39, 0.29) is 26.3 Å². The second-order valence-corrected chi connectivity index (χ2v) is 6.70. The molecule has 5 nitrogen and oxygen atoms in total. The molecule has 0 unspecified atom stereocenters. The van der Waals surface area contributed by atoms with Gasteiger partial charge in [-0.25, -0.2) is 13.4 Å². The Morgan fingerprint density at radius 3 is 2.57 bits per heavy atom. The molecule has 0 amide bonds. The molecule has 0 radical (unpaired) electrons. The fourth-order valence-corrected chi connectivity index (χ4v) is 3.03. The topological polar surface area (TPSA) is 82.8 Å². The van der Waals surface area contributed by atoms with Crippen LogP contribution in [0.2, 0.25) is 10.0 Å². The van der Waals surface area contributed by atoms with Crippen molar-refractivity contribution in [3.05, 3.63) is 51.8 Å². The highest BCUT2D eigenvalue weighted by Gasteiger charge is 2.18. The van der Waals surface area contributed by atoms with Gasteiger partial charge in [-0.05, 0) is 36.8 Å². The van der Waals surface area contributed by atoms with Gasteiger partial charge in [0.25, 0.3) is 10.0 Å². The zero-order valence-corrected chi connectivity index (χ0v) is 13.1. The van der Waals surface area contributed by atoms with E-state index >= 15 is 0 Å². The molecule has 8 heteroatoms. The first-order chi connectivity index (χ1) is 9.83. The maximum Gasteiger partial charge on any atom is 0.262 e. The van der Waals surface area contributed by atoms with Crippen LogP contribution in [-0.2, 0) is 10.0 Å². The largest absolute Gasteiger partial charge is 0.277 e. The Labute approximate surface area is 132 Å². The number of halogens is 2. The van der Waals surface area contributed by atoms with Gasteiger partial charge in [0.1, 0.15) is 6.07 Å². The number of nitrogens with one attached hydrogen (secondary N) is 1. The molecular weight excluding hydrogens is 333 g/mol. The summed E-state index contributed by atoms with van der Waals surface area (Å²) < 4.78 is 26.9. The Hall–Kier alpha value is -1.81. The second kappa shape index (κ2) is 5.90. The normalized spacial score (nSPS) is 11.0. The smallest absolute Gasteiger partial charge is 0.262 e. The van der Waals surface area contributed by atoms with Gasteiger partial charge in [-0.15, -0.1) is 0 Å². The molecule has 0 aliphatic rings.